The van der Waals surface area contributed by atoms with Gasteiger partial charge in [0, 0.05) is 73.9 Å². The fourth-order valence-electron chi connectivity index (χ4n) is 5.96. The van der Waals surface area contributed by atoms with Crippen LogP contribution in [0, 0.1) is 18.8 Å². The van der Waals surface area contributed by atoms with Crippen LogP contribution < -0.4 is 15.1 Å². The molecular weight excluding hydrogens is 510 g/mol. The quantitative estimate of drug-likeness (QED) is 0.426. The molecule has 3 aromatic rings. The molecule has 7 nitrogen and oxygen atoms in total. The predicted octanol–water partition coefficient (Wildman–Crippen LogP) is 5.75. The maximum absolute atomic E-state index is 12.8. The van der Waals surface area contributed by atoms with Crippen LogP contribution in [0.4, 0.5) is 17.2 Å². The first kappa shape index (κ1) is 27.3. The summed E-state index contributed by atoms with van der Waals surface area (Å²) in [6.45, 7) is 11.6. The molecule has 2 fully saturated rings. The lowest BCUT2D eigenvalue weighted by Crippen LogP contribution is -2.48. The topological polar surface area (TPSA) is 68.8 Å². The summed E-state index contributed by atoms with van der Waals surface area (Å²) in [5.41, 5.74) is 3.87. The minimum atomic E-state index is -0.154. The number of piperazine rings is 1. The Balaban J connectivity index is 1.14. The Hall–Kier alpha value is -3.32. The second kappa shape index (κ2) is 11.8. The Labute approximate surface area is 236 Å². The van der Waals surface area contributed by atoms with Crippen LogP contribution in [0.15, 0.2) is 48.5 Å². The lowest BCUT2D eigenvalue weighted by Gasteiger charge is -2.36. The van der Waals surface area contributed by atoms with Gasteiger partial charge < -0.3 is 20.0 Å². The van der Waals surface area contributed by atoms with Crippen LogP contribution in [0.2, 0.25) is 5.02 Å². The SMILES string of the molecule is Cc1cc(N2C[C@@H](C)C[C@H](C)C2)nc2ccc(NC(=O)CCC(=O)N3CCN(c4cccc(Cl)c4)CC3)cc12. The van der Waals surface area contributed by atoms with Crippen molar-refractivity contribution in [2.24, 2.45) is 11.8 Å². The molecule has 8 heteroatoms. The van der Waals surface area contributed by atoms with Gasteiger partial charge in [0.2, 0.25) is 11.8 Å². The van der Waals surface area contributed by atoms with Gasteiger partial charge in [-0.15, -0.1) is 0 Å². The summed E-state index contributed by atoms with van der Waals surface area (Å²) in [7, 11) is 0. The number of nitrogens with one attached hydrogen (secondary N) is 1. The zero-order valence-corrected chi connectivity index (χ0v) is 23.9. The number of amides is 2. The van der Waals surface area contributed by atoms with E-state index >= 15 is 0 Å². The first-order valence-electron chi connectivity index (χ1n) is 14.0. The molecule has 2 amide bonds. The maximum Gasteiger partial charge on any atom is 0.224 e. The highest BCUT2D eigenvalue weighted by Gasteiger charge is 2.24. The number of hydrogen-bond donors (Lipinski definition) is 1. The molecule has 0 saturated carbocycles. The van der Waals surface area contributed by atoms with Gasteiger partial charge in [-0.25, -0.2) is 4.98 Å². The Bertz CT molecular complexity index is 1340. The van der Waals surface area contributed by atoms with Crippen molar-refractivity contribution in [3.8, 4) is 0 Å². The van der Waals surface area contributed by atoms with E-state index in [-0.39, 0.29) is 24.7 Å². The van der Waals surface area contributed by atoms with Gasteiger partial charge in [-0.1, -0.05) is 31.5 Å². The highest BCUT2D eigenvalue weighted by molar-refractivity contribution is 6.30. The van der Waals surface area contributed by atoms with Gasteiger partial charge in [-0.3, -0.25) is 9.59 Å². The fourth-order valence-corrected chi connectivity index (χ4v) is 6.14. The van der Waals surface area contributed by atoms with Gasteiger partial charge in [0.25, 0.3) is 0 Å². The molecule has 0 spiro atoms. The standard InChI is InChI=1S/C31H38ClN5O2/c1-21-15-22(2)20-37(19-21)29-16-23(3)27-18-25(7-8-28(27)34-29)33-30(38)9-10-31(39)36-13-11-35(12-14-36)26-6-4-5-24(32)17-26/h4-8,16-18,21-22H,9-15,19-20H2,1-3H3,(H,33,38)/t21-,22-/m0/s1. The van der Waals surface area contributed by atoms with E-state index in [2.05, 4.69) is 42.0 Å². The van der Waals surface area contributed by atoms with Crippen molar-refractivity contribution in [2.45, 2.75) is 40.0 Å². The normalized spacial score (nSPS) is 19.8. The lowest BCUT2D eigenvalue weighted by molar-refractivity contribution is -0.133. The monoisotopic (exact) mass is 547 g/mol. The van der Waals surface area contributed by atoms with E-state index < -0.39 is 0 Å². The van der Waals surface area contributed by atoms with E-state index in [4.69, 9.17) is 16.6 Å². The average Bonchev–Trinajstić information content (AvgIpc) is 2.91. The van der Waals surface area contributed by atoms with Crippen molar-refractivity contribution < 1.29 is 9.59 Å². The molecule has 0 aliphatic carbocycles. The van der Waals surface area contributed by atoms with E-state index in [0.29, 0.717) is 29.9 Å². The number of anilines is 3. The molecule has 5 rings (SSSR count). The highest BCUT2D eigenvalue weighted by Crippen LogP contribution is 2.29. The van der Waals surface area contributed by atoms with Gasteiger partial charge in [-0.05, 0) is 73.2 Å². The number of carbonyl (C=O) groups is 2. The number of carbonyl (C=O) groups excluding carboxylic acids is 2. The summed E-state index contributed by atoms with van der Waals surface area (Å²) in [5.74, 6) is 2.22. The highest BCUT2D eigenvalue weighted by atomic mass is 35.5. The largest absolute Gasteiger partial charge is 0.368 e. The van der Waals surface area contributed by atoms with Crippen molar-refractivity contribution in [1.29, 1.82) is 0 Å². The smallest absolute Gasteiger partial charge is 0.224 e. The third-order valence-electron chi connectivity index (χ3n) is 7.85. The molecule has 3 heterocycles. The summed E-state index contributed by atoms with van der Waals surface area (Å²) in [5, 5.41) is 4.71. The summed E-state index contributed by atoms with van der Waals surface area (Å²) >= 11 is 6.12. The van der Waals surface area contributed by atoms with Crippen LogP contribution in [-0.2, 0) is 9.59 Å². The molecular formula is C31H38ClN5O2. The Kier molecular flexibility index (Phi) is 8.26. The van der Waals surface area contributed by atoms with E-state index in [1.54, 1.807) is 0 Å². The number of nitrogens with zero attached hydrogens (tertiary/aromatic N) is 4. The van der Waals surface area contributed by atoms with Crippen LogP contribution in [0.5, 0.6) is 0 Å². The number of rotatable bonds is 6. The number of benzene rings is 2. The van der Waals surface area contributed by atoms with Crippen molar-refractivity contribution in [1.82, 2.24) is 9.88 Å². The second-order valence-corrected chi connectivity index (χ2v) is 11.7. The van der Waals surface area contributed by atoms with E-state index in [9.17, 15) is 9.59 Å². The Morgan fingerprint density at radius 1 is 0.949 bits per heavy atom. The minimum absolute atomic E-state index is 0.0170. The number of hydrogen-bond acceptors (Lipinski definition) is 5. The number of pyridine rings is 1. The van der Waals surface area contributed by atoms with Gasteiger partial charge in [0.1, 0.15) is 5.82 Å². The third kappa shape index (κ3) is 6.64. The molecule has 0 unspecified atom stereocenters. The van der Waals surface area contributed by atoms with Gasteiger partial charge in [-0.2, -0.15) is 0 Å². The first-order valence-corrected chi connectivity index (χ1v) is 14.4. The zero-order chi connectivity index (χ0) is 27.5. The number of halogens is 1. The minimum Gasteiger partial charge on any atom is -0.368 e. The fraction of sp³-hybridized carbons (Fsp3) is 0.452. The molecule has 206 valence electrons. The van der Waals surface area contributed by atoms with E-state index in [1.165, 1.54) is 6.42 Å². The molecule has 1 aromatic heterocycles. The van der Waals surface area contributed by atoms with Gasteiger partial charge >= 0.3 is 0 Å². The Morgan fingerprint density at radius 2 is 1.69 bits per heavy atom. The van der Waals surface area contributed by atoms with Crippen LogP contribution >= 0.6 is 11.6 Å². The van der Waals surface area contributed by atoms with Crippen molar-refractivity contribution in [3.63, 3.8) is 0 Å². The van der Waals surface area contributed by atoms with Crippen molar-refractivity contribution >= 4 is 51.5 Å². The lowest BCUT2D eigenvalue weighted by atomic mass is 9.92. The Morgan fingerprint density at radius 3 is 2.41 bits per heavy atom. The van der Waals surface area contributed by atoms with Gasteiger partial charge in [0.15, 0.2) is 0 Å². The number of fused-ring (bicyclic) bond motifs is 1. The maximum atomic E-state index is 12.8. The summed E-state index contributed by atoms with van der Waals surface area (Å²) < 4.78 is 0. The second-order valence-electron chi connectivity index (χ2n) is 11.3. The van der Waals surface area contributed by atoms with Crippen molar-refractivity contribution in [2.75, 3.05) is 54.4 Å². The summed E-state index contributed by atoms with van der Waals surface area (Å²) in [6.07, 6.45) is 1.62. The summed E-state index contributed by atoms with van der Waals surface area (Å²) in [4.78, 5) is 36.9. The zero-order valence-electron chi connectivity index (χ0n) is 23.1. The third-order valence-corrected chi connectivity index (χ3v) is 8.09. The van der Waals surface area contributed by atoms with E-state index in [1.807, 2.05) is 47.4 Å². The molecule has 2 aromatic carbocycles. The number of piperidine rings is 1. The predicted molar refractivity (Wildman–Crippen MR) is 160 cm³/mol. The molecule has 0 radical (unpaired) electrons. The summed E-state index contributed by atoms with van der Waals surface area (Å²) in [6, 6.07) is 15.8. The number of aryl methyl sites for hydroxylation is 1. The first-order chi connectivity index (χ1) is 18.7. The molecule has 1 N–H and O–H groups in total. The molecule has 39 heavy (non-hydrogen) atoms. The molecule has 2 aliphatic rings. The molecule has 2 aliphatic heterocycles. The molecule has 2 saturated heterocycles. The van der Waals surface area contributed by atoms with Crippen LogP contribution in [0.1, 0.15) is 38.7 Å². The molecule has 2 atom stereocenters. The van der Waals surface area contributed by atoms with Crippen LogP contribution in [0.3, 0.4) is 0 Å². The molecule has 0 bridgehead atoms. The van der Waals surface area contributed by atoms with E-state index in [0.717, 1.165) is 59.8 Å². The van der Waals surface area contributed by atoms with Crippen LogP contribution in [-0.4, -0.2) is 61.0 Å². The average molecular weight is 548 g/mol. The number of aromatic nitrogens is 1. The van der Waals surface area contributed by atoms with Crippen LogP contribution in [0.25, 0.3) is 10.9 Å². The van der Waals surface area contributed by atoms with Gasteiger partial charge in [0.05, 0.1) is 5.52 Å². The van der Waals surface area contributed by atoms with Crippen molar-refractivity contribution in [3.05, 3.63) is 59.1 Å².